The molecule has 172 valence electrons. The van der Waals surface area contributed by atoms with Crippen LogP contribution >= 0.6 is 11.3 Å². The number of hydrogen-bond acceptors (Lipinski definition) is 4. The first kappa shape index (κ1) is 21.8. The van der Waals surface area contributed by atoms with Crippen LogP contribution in [0.1, 0.15) is 22.8 Å². The number of rotatable bonds is 7. The van der Waals surface area contributed by atoms with E-state index in [1.165, 1.54) is 23.5 Å². The maximum absolute atomic E-state index is 13.5. The number of amides is 2. The zero-order valence-corrected chi connectivity index (χ0v) is 19.2. The van der Waals surface area contributed by atoms with E-state index < -0.39 is 6.04 Å². The molecule has 2 amide bonds. The van der Waals surface area contributed by atoms with Crippen LogP contribution in [0, 0.1) is 5.82 Å². The Morgan fingerprint density at radius 2 is 2.00 bits per heavy atom. The number of carbonyl (C=O) groups is 2. The number of fused-ring (bicyclic) bond motifs is 2. The van der Waals surface area contributed by atoms with Gasteiger partial charge in [-0.2, -0.15) is 0 Å². The zero-order valence-electron chi connectivity index (χ0n) is 18.3. The van der Waals surface area contributed by atoms with Gasteiger partial charge in [-0.05, 0) is 67.4 Å². The molecular formula is C25H22FN5O2S. The highest BCUT2D eigenvalue weighted by Gasteiger charge is 2.17. The van der Waals surface area contributed by atoms with Gasteiger partial charge in [-0.15, -0.1) is 0 Å². The molecule has 9 heteroatoms. The van der Waals surface area contributed by atoms with E-state index in [0.717, 1.165) is 31.8 Å². The molecule has 0 fully saturated rings. The van der Waals surface area contributed by atoms with Gasteiger partial charge in [-0.25, -0.2) is 9.37 Å². The van der Waals surface area contributed by atoms with Crippen molar-refractivity contribution in [3.63, 3.8) is 0 Å². The normalized spacial score (nSPS) is 12.2. The van der Waals surface area contributed by atoms with Crippen molar-refractivity contribution >= 4 is 44.3 Å². The van der Waals surface area contributed by atoms with Crippen LogP contribution in [0.2, 0.25) is 0 Å². The van der Waals surface area contributed by atoms with Crippen molar-refractivity contribution in [1.29, 1.82) is 0 Å². The van der Waals surface area contributed by atoms with Crippen molar-refractivity contribution in [2.75, 3.05) is 6.54 Å². The number of aromatic nitrogens is 3. The van der Waals surface area contributed by atoms with Gasteiger partial charge in [0.25, 0.3) is 5.91 Å². The molecule has 0 radical (unpaired) electrons. The molecule has 0 bridgehead atoms. The van der Waals surface area contributed by atoms with Crippen LogP contribution in [0.4, 0.5) is 4.39 Å². The van der Waals surface area contributed by atoms with E-state index in [4.69, 9.17) is 0 Å². The Kier molecular flexibility index (Phi) is 5.85. The second kappa shape index (κ2) is 9.11. The minimum atomic E-state index is -0.708. The highest BCUT2D eigenvalue weighted by Crippen LogP contribution is 2.26. The third-order valence-electron chi connectivity index (χ3n) is 5.63. The first-order valence-corrected chi connectivity index (χ1v) is 11.7. The zero-order chi connectivity index (χ0) is 23.7. The molecule has 7 nitrogen and oxygen atoms in total. The second-order valence-electron chi connectivity index (χ2n) is 8.01. The summed E-state index contributed by atoms with van der Waals surface area (Å²) in [6.45, 7) is 2.02. The Labute approximate surface area is 198 Å². The van der Waals surface area contributed by atoms with Crippen LogP contribution in [0.25, 0.3) is 26.3 Å². The van der Waals surface area contributed by atoms with E-state index in [9.17, 15) is 14.0 Å². The molecule has 3 heterocycles. The van der Waals surface area contributed by atoms with Crippen LogP contribution in [-0.4, -0.2) is 38.9 Å². The lowest BCUT2D eigenvalue weighted by atomic mass is 10.1. The van der Waals surface area contributed by atoms with Crippen molar-refractivity contribution in [1.82, 2.24) is 25.2 Å². The molecule has 1 atom stereocenters. The third kappa shape index (κ3) is 4.42. The molecular weight excluding hydrogens is 453 g/mol. The Balaban J connectivity index is 1.18. The molecule has 34 heavy (non-hydrogen) atoms. The standard InChI is InChI=1S/C25H22FN5O2S/c1-15(23(32)27-9-8-17-14-28-20-7-5-18(26)13-19(17)20)29-24(33)16-4-6-21-22(12-16)34-25(30-21)31-10-2-3-11-31/h2-7,10-15,28H,8-9H2,1H3,(H,27,32)(H,29,33)/t15-/m0/s1. The SMILES string of the molecule is C[C@H](NC(=O)c1ccc2nc(-n3cccc3)sc2c1)C(=O)NCCc1c[nH]c2ccc(F)cc12. The number of aromatic amines is 1. The van der Waals surface area contributed by atoms with E-state index in [1.54, 1.807) is 25.1 Å². The van der Waals surface area contributed by atoms with Gasteiger partial charge in [-0.1, -0.05) is 11.3 Å². The average molecular weight is 476 g/mol. The fourth-order valence-electron chi connectivity index (χ4n) is 3.80. The minimum Gasteiger partial charge on any atom is -0.361 e. The Morgan fingerprint density at radius 1 is 1.18 bits per heavy atom. The molecule has 0 saturated carbocycles. The molecule has 0 aliphatic carbocycles. The maximum Gasteiger partial charge on any atom is 0.251 e. The lowest BCUT2D eigenvalue weighted by Crippen LogP contribution is -2.45. The Morgan fingerprint density at radius 3 is 2.82 bits per heavy atom. The topological polar surface area (TPSA) is 91.8 Å². The summed E-state index contributed by atoms with van der Waals surface area (Å²) < 4.78 is 16.3. The monoisotopic (exact) mass is 475 g/mol. The molecule has 2 aromatic carbocycles. The largest absolute Gasteiger partial charge is 0.361 e. The number of carbonyl (C=O) groups excluding carboxylic acids is 2. The molecule has 3 aromatic heterocycles. The van der Waals surface area contributed by atoms with Crippen molar-refractivity contribution < 1.29 is 14.0 Å². The van der Waals surface area contributed by atoms with Gasteiger partial charge in [0.1, 0.15) is 11.9 Å². The number of benzene rings is 2. The van der Waals surface area contributed by atoms with Crippen LogP contribution in [-0.2, 0) is 11.2 Å². The molecule has 0 aliphatic rings. The van der Waals surface area contributed by atoms with E-state index in [1.807, 2.05) is 41.4 Å². The quantitative estimate of drug-likeness (QED) is 0.330. The predicted molar refractivity (Wildman–Crippen MR) is 131 cm³/mol. The molecule has 5 rings (SSSR count). The smallest absolute Gasteiger partial charge is 0.251 e. The van der Waals surface area contributed by atoms with Crippen LogP contribution in [0.5, 0.6) is 0 Å². The molecule has 0 aliphatic heterocycles. The van der Waals surface area contributed by atoms with Gasteiger partial charge in [0.2, 0.25) is 5.91 Å². The predicted octanol–water partition coefficient (Wildman–Crippen LogP) is 4.18. The summed E-state index contributed by atoms with van der Waals surface area (Å²) in [7, 11) is 0. The summed E-state index contributed by atoms with van der Waals surface area (Å²) in [6.07, 6.45) is 6.20. The van der Waals surface area contributed by atoms with Crippen LogP contribution < -0.4 is 10.6 Å². The second-order valence-corrected chi connectivity index (χ2v) is 9.02. The lowest BCUT2D eigenvalue weighted by Gasteiger charge is -2.14. The van der Waals surface area contributed by atoms with Gasteiger partial charge in [-0.3, -0.25) is 9.59 Å². The molecule has 0 spiro atoms. The van der Waals surface area contributed by atoms with Gasteiger partial charge < -0.3 is 20.2 Å². The number of nitrogens with zero attached hydrogens (tertiary/aromatic N) is 2. The number of H-pyrrole nitrogens is 1. The van der Waals surface area contributed by atoms with Crippen molar-refractivity contribution in [3.8, 4) is 5.13 Å². The van der Waals surface area contributed by atoms with E-state index >= 15 is 0 Å². The molecule has 5 aromatic rings. The van der Waals surface area contributed by atoms with Crippen molar-refractivity contribution in [2.45, 2.75) is 19.4 Å². The highest BCUT2D eigenvalue weighted by molar-refractivity contribution is 7.20. The summed E-state index contributed by atoms with van der Waals surface area (Å²) in [5.41, 5.74) is 3.05. The summed E-state index contributed by atoms with van der Waals surface area (Å²) in [6, 6.07) is 13.0. The van der Waals surface area contributed by atoms with Gasteiger partial charge in [0.15, 0.2) is 5.13 Å². The van der Waals surface area contributed by atoms with Crippen LogP contribution in [0.15, 0.2) is 67.1 Å². The summed E-state index contributed by atoms with van der Waals surface area (Å²) in [5, 5.41) is 7.20. The fraction of sp³-hybridized carbons (Fsp3) is 0.160. The van der Waals surface area contributed by atoms with Crippen molar-refractivity contribution in [2.24, 2.45) is 0 Å². The van der Waals surface area contributed by atoms with Crippen molar-refractivity contribution in [3.05, 3.63) is 84.1 Å². The van der Waals surface area contributed by atoms with Gasteiger partial charge in [0, 0.05) is 41.6 Å². The average Bonchev–Trinajstić information content (AvgIpc) is 3.58. The van der Waals surface area contributed by atoms with Crippen LogP contribution in [0.3, 0.4) is 0 Å². The number of halogens is 1. The van der Waals surface area contributed by atoms with Gasteiger partial charge in [0.05, 0.1) is 10.2 Å². The van der Waals surface area contributed by atoms with Gasteiger partial charge >= 0.3 is 0 Å². The molecule has 0 unspecified atom stereocenters. The minimum absolute atomic E-state index is 0.284. The summed E-state index contributed by atoms with van der Waals surface area (Å²) >= 11 is 1.49. The molecule has 3 N–H and O–H groups in total. The summed E-state index contributed by atoms with van der Waals surface area (Å²) in [5.74, 6) is -0.910. The third-order valence-corrected chi connectivity index (χ3v) is 6.66. The number of thiazole rings is 1. The first-order chi connectivity index (χ1) is 16.5. The number of nitrogens with one attached hydrogen (secondary N) is 3. The number of hydrogen-bond donors (Lipinski definition) is 3. The van der Waals surface area contributed by atoms with E-state index in [-0.39, 0.29) is 17.6 Å². The Hall–Kier alpha value is -3.98. The molecule has 0 saturated heterocycles. The summed E-state index contributed by atoms with van der Waals surface area (Å²) in [4.78, 5) is 32.9. The highest BCUT2D eigenvalue weighted by atomic mass is 32.1. The first-order valence-electron chi connectivity index (χ1n) is 10.9. The lowest BCUT2D eigenvalue weighted by molar-refractivity contribution is -0.122. The van der Waals surface area contributed by atoms with E-state index in [0.29, 0.717) is 18.5 Å². The maximum atomic E-state index is 13.5. The Bertz CT molecular complexity index is 1490. The van der Waals surface area contributed by atoms with E-state index in [2.05, 4.69) is 20.6 Å². The fourth-order valence-corrected chi connectivity index (χ4v) is 4.77.